The maximum atomic E-state index is 12.8. The third kappa shape index (κ3) is 6.91. The van der Waals surface area contributed by atoms with Gasteiger partial charge in [-0.1, -0.05) is 50.2 Å². The number of nitrogens with zero attached hydrogens (tertiary/aromatic N) is 4. The molecule has 0 saturated heterocycles. The number of amides is 1. The van der Waals surface area contributed by atoms with E-state index >= 15 is 0 Å². The summed E-state index contributed by atoms with van der Waals surface area (Å²) >= 11 is 6.58. The summed E-state index contributed by atoms with van der Waals surface area (Å²) in [6.07, 6.45) is 7.55. The Bertz CT molecular complexity index is 1320. The minimum atomic E-state index is -0.165. The highest BCUT2D eigenvalue weighted by Crippen LogP contribution is 2.33. The third-order valence-electron chi connectivity index (χ3n) is 6.18. The molecule has 1 aromatic carbocycles. The summed E-state index contributed by atoms with van der Waals surface area (Å²) in [5, 5.41) is 10.8. The van der Waals surface area contributed by atoms with Crippen molar-refractivity contribution in [3.63, 3.8) is 0 Å². The quantitative estimate of drug-likeness (QED) is 0.302. The van der Waals surface area contributed by atoms with Crippen LogP contribution in [0.3, 0.4) is 0 Å². The molecule has 0 bridgehead atoms. The summed E-state index contributed by atoms with van der Waals surface area (Å²) in [5.74, 6) is 0.483. The van der Waals surface area contributed by atoms with Crippen LogP contribution in [0.25, 0.3) is 16.6 Å². The van der Waals surface area contributed by atoms with Gasteiger partial charge in [-0.15, -0.1) is 0 Å². The summed E-state index contributed by atoms with van der Waals surface area (Å²) in [6.45, 7) is 10.5. The van der Waals surface area contributed by atoms with E-state index in [4.69, 9.17) is 21.3 Å². The number of pyridine rings is 2. The van der Waals surface area contributed by atoms with Gasteiger partial charge in [-0.05, 0) is 37.1 Å². The zero-order valence-corrected chi connectivity index (χ0v) is 23.6. The number of benzene rings is 1. The lowest BCUT2D eigenvalue weighted by molar-refractivity contribution is -0.135. The summed E-state index contributed by atoms with van der Waals surface area (Å²) < 4.78 is 6.34. The fraction of sp³-hybridized carbons (Fsp3) is 0.367. The van der Waals surface area contributed by atoms with E-state index in [0.29, 0.717) is 30.3 Å². The first-order valence-corrected chi connectivity index (χ1v) is 13.1. The Balaban J connectivity index is 1.98. The van der Waals surface area contributed by atoms with Gasteiger partial charge in [0.1, 0.15) is 17.9 Å². The molecule has 0 atom stereocenters. The van der Waals surface area contributed by atoms with Gasteiger partial charge in [0.05, 0.1) is 5.02 Å². The third-order valence-corrected chi connectivity index (χ3v) is 6.51. The average molecular weight is 537 g/mol. The van der Waals surface area contributed by atoms with Gasteiger partial charge in [-0.25, -0.2) is 4.98 Å². The van der Waals surface area contributed by atoms with Crippen LogP contribution in [0.1, 0.15) is 42.7 Å². The predicted octanol–water partition coefficient (Wildman–Crippen LogP) is 5.63. The van der Waals surface area contributed by atoms with E-state index < -0.39 is 0 Å². The Labute approximate surface area is 230 Å². The molecule has 0 aliphatic heterocycles. The number of halogens is 1. The molecule has 0 fully saturated rings. The normalized spacial score (nSPS) is 11.6. The smallest absolute Gasteiger partial charge is 0.225 e. The lowest BCUT2D eigenvalue weighted by Crippen LogP contribution is -2.35. The summed E-state index contributed by atoms with van der Waals surface area (Å²) in [5.41, 5.74) is 5.25. The summed E-state index contributed by atoms with van der Waals surface area (Å²) in [4.78, 5) is 25.7. The molecule has 0 aliphatic rings. The number of aliphatic hydroxyl groups excluding tert-OH is 1. The van der Waals surface area contributed by atoms with Gasteiger partial charge in [0.2, 0.25) is 5.91 Å². The fourth-order valence-electron chi connectivity index (χ4n) is 4.32. The number of ether oxygens (including phenoxy) is 1. The van der Waals surface area contributed by atoms with Crippen LogP contribution in [0.15, 0.2) is 55.4 Å². The van der Waals surface area contributed by atoms with Crippen molar-refractivity contribution >= 4 is 34.1 Å². The molecule has 0 saturated carbocycles. The fourth-order valence-corrected chi connectivity index (χ4v) is 4.55. The molecule has 1 N–H and O–H groups in total. The van der Waals surface area contributed by atoms with Crippen molar-refractivity contribution in [3.8, 4) is 5.75 Å². The number of aliphatic hydroxyl groups is 1. The number of carbonyl (C=O) groups excluding carboxylic acids is 1. The molecule has 0 radical (unpaired) electrons. The number of allylic oxidation sites excluding steroid dienone is 2. The number of rotatable bonds is 12. The first-order chi connectivity index (χ1) is 18.2. The summed E-state index contributed by atoms with van der Waals surface area (Å²) in [7, 11) is 4.00. The van der Waals surface area contributed by atoms with Crippen molar-refractivity contribution in [2.24, 2.45) is 5.92 Å². The minimum absolute atomic E-state index is 0.0100. The van der Waals surface area contributed by atoms with Crippen LogP contribution in [-0.2, 0) is 17.9 Å². The molecule has 3 aromatic rings. The van der Waals surface area contributed by atoms with E-state index in [0.717, 1.165) is 39.0 Å². The second kappa shape index (κ2) is 13.4. The van der Waals surface area contributed by atoms with Gasteiger partial charge in [-0.2, -0.15) is 0 Å². The molecule has 202 valence electrons. The Hall–Kier alpha value is -3.42. The molecular weight excluding hydrogens is 500 g/mol. The van der Waals surface area contributed by atoms with Gasteiger partial charge in [0.25, 0.3) is 0 Å². The van der Waals surface area contributed by atoms with Crippen molar-refractivity contribution < 1.29 is 14.6 Å². The number of aryl methyl sites for hydroxylation is 1. The highest BCUT2D eigenvalue weighted by Gasteiger charge is 2.20. The molecule has 7 nitrogen and oxygen atoms in total. The molecule has 0 unspecified atom stereocenters. The monoisotopic (exact) mass is 536 g/mol. The standard InChI is InChI=1S/C30H37ClN4O3/c1-7-10-27(34(5)6)24-15-21(4)33-29-23(24)11-8-12-28(29)38-19-25-22(16-32-17-26(25)31)18-35(13-9-14-36)30(37)20(2)3/h7-8,10-12,15-17,20,36H,1,9,13-14,18-19H2,2-6H3/b27-10-. The molecule has 2 aromatic heterocycles. The molecule has 0 spiro atoms. The number of hydrogen-bond acceptors (Lipinski definition) is 6. The van der Waals surface area contributed by atoms with E-state index in [1.807, 2.05) is 64.0 Å². The average Bonchev–Trinajstić information content (AvgIpc) is 2.88. The largest absolute Gasteiger partial charge is 0.487 e. The number of hydrogen-bond donors (Lipinski definition) is 1. The Kier molecular flexibility index (Phi) is 10.3. The lowest BCUT2D eigenvalue weighted by Gasteiger charge is -2.26. The van der Waals surface area contributed by atoms with Gasteiger partial charge >= 0.3 is 0 Å². The van der Waals surface area contributed by atoms with Gasteiger partial charge in [0.15, 0.2) is 0 Å². The van der Waals surface area contributed by atoms with E-state index in [2.05, 4.69) is 17.6 Å². The second-order valence-electron chi connectivity index (χ2n) is 9.68. The maximum absolute atomic E-state index is 12.8. The van der Waals surface area contributed by atoms with E-state index in [1.165, 1.54) is 0 Å². The first kappa shape index (κ1) is 29.1. The molecule has 2 heterocycles. The molecule has 3 rings (SSSR count). The van der Waals surface area contributed by atoms with Crippen LogP contribution in [0.5, 0.6) is 5.75 Å². The van der Waals surface area contributed by atoms with Crippen molar-refractivity contribution in [2.45, 2.75) is 40.3 Å². The van der Waals surface area contributed by atoms with Gasteiger partial charge in [-0.3, -0.25) is 9.78 Å². The second-order valence-corrected chi connectivity index (χ2v) is 10.1. The highest BCUT2D eigenvalue weighted by atomic mass is 35.5. The SMILES string of the molecule is C=C/C=C(/c1cc(C)nc2c(OCc3c(Cl)cncc3CN(CCCO)C(=O)C(C)C)cccc12)N(C)C. The van der Waals surface area contributed by atoms with Crippen molar-refractivity contribution in [2.75, 3.05) is 27.2 Å². The van der Waals surface area contributed by atoms with Gasteiger partial charge < -0.3 is 19.6 Å². The van der Waals surface area contributed by atoms with Crippen molar-refractivity contribution in [3.05, 3.63) is 82.8 Å². The van der Waals surface area contributed by atoms with E-state index in [-0.39, 0.29) is 25.0 Å². The highest BCUT2D eigenvalue weighted by molar-refractivity contribution is 6.31. The summed E-state index contributed by atoms with van der Waals surface area (Å²) in [6, 6.07) is 7.94. The molecular formula is C30H37ClN4O3. The topological polar surface area (TPSA) is 78.8 Å². The van der Waals surface area contributed by atoms with Crippen LogP contribution in [-0.4, -0.2) is 58.0 Å². The zero-order chi connectivity index (χ0) is 27.8. The van der Waals surface area contributed by atoms with E-state index in [9.17, 15) is 9.90 Å². The molecule has 38 heavy (non-hydrogen) atoms. The lowest BCUT2D eigenvalue weighted by atomic mass is 10.0. The van der Waals surface area contributed by atoms with E-state index in [1.54, 1.807) is 23.4 Å². The first-order valence-electron chi connectivity index (χ1n) is 12.7. The minimum Gasteiger partial charge on any atom is -0.487 e. The van der Waals surface area contributed by atoms with Crippen LogP contribution in [0.2, 0.25) is 5.02 Å². The van der Waals surface area contributed by atoms with Crippen molar-refractivity contribution in [1.29, 1.82) is 0 Å². The van der Waals surface area contributed by atoms with Crippen LogP contribution in [0, 0.1) is 12.8 Å². The van der Waals surface area contributed by atoms with Crippen LogP contribution in [0.4, 0.5) is 0 Å². The molecule has 0 aliphatic carbocycles. The van der Waals surface area contributed by atoms with Gasteiger partial charge in [0, 0.05) is 80.0 Å². The number of para-hydroxylation sites is 1. The zero-order valence-electron chi connectivity index (χ0n) is 22.9. The number of aromatic nitrogens is 2. The van der Waals surface area contributed by atoms with Crippen LogP contribution < -0.4 is 4.74 Å². The number of carbonyl (C=O) groups is 1. The maximum Gasteiger partial charge on any atom is 0.225 e. The molecule has 8 heteroatoms. The van der Waals surface area contributed by atoms with Crippen molar-refractivity contribution in [1.82, 2.24) is 19.8 Å². The Morgan fingerprint density at radius 2 is 2.03 bits per heavy atom. The Morgan fingerprint density at radius 1 is 1.26 bits per heavy atom. The van der Waals surface area contributed by atoms with Crippen LogP contribution >= 0.6 is 11.6 Å². The Morgan fingerprint density at radius 3 is 2.68 bits per heavy atom. The predicted molar refractivity (Wildman–Crippen MR) is 154 cm³/mol. The number of fused-ring (bicyclic) bond motifs is 1. The molecule has 1 amide bonds.